The molecule has 0 bridgehead atoms. The molecule has 0 aliphatic carbocycles. The van der Waals surface area contributed by atoms with Gasteiger partial charge < -0.3 is 10.2 Å². The number of piperidine rings is 1. The molecule has 0 aromatic rings. The van der Waals surface area contributed by atoms with E-state index < -0.39 is 5.51 Å². The molecule has 1 aliphatic rings. The second-order valence-corrected chi connectivity index (χ2v) is 5.40. The van der Waals surface area contributed by atoms with Gasteiger partial charge in [0.1, 0.15) is 0 Å². The first kappa shape index (κ1) is 14.1. The van der Waals surface area contributed by atoms with Gasteiger partial charge in [-0.2, -0.15) is 13.2 Å². The molecule has 0 unspecified atom stereocenters. The van der Waals surface area contributed by atoms with Crippen LogP contribution in [0.3, 0.4) is 0 Å². The quantitative estimate of drug-likeness (QED) is 0.759. The van der Waals surface area contributed by atoms with Gasteiger partial charge in [-0.3, -0.25) is 0 Å². The van der Waals surface area contributed by atoms with E-state index >= 15 is 0 Å². The van der Waals surface area contributed by atoms with Crippen LogP contribution in [0.1, 0.15) is 12.8 Å². The molecular formula is C10H19F3N2S. The number of thioether (sulfide) groups is 1. The zero-order valence-electron chi connectivity index (χ0n) is 9.52. The number of hydrogen-bond acceptors (Lipinski definition) is 3. The van der Waals surface area contributed by atoms with Crippen molar-refractivity contribution in [1.29, 1.82) is 0 Å². The van der Waals surface area contributed by atoms with Crippen molar-refractivity contribution in [1.82, 2.24) is 10.2 Å². The summed E-state index contributed by atoms with van der Waals surface area (Å²) in [5.74, 6) is 0.739. The molecule has 1 rings (SSSR count). The Morgan fingerprint density at radius 2 is 1.94 bits per heavy atom. The zero-order valence-corrected chi connectivity index (χ0v) is 10.3. The van der Waals surface area contributed by atoms with E-state index in [1.165, 1.54) is 0 Å². The van der Waals surface area contributed by atoms with Gasteiger partial charge >= 0.3 is 5.51 Å². The molecule has 16 heavy (non-hydrogen) atoms. The Morgan fingerprint density at radius 1 is 1.31 bits per heavy atom. The van der Waals surface area contributed by atoms with Crippen molar-refractivity contribution in [3.63, 3.8) is 0 Å². The molecule has 2 nitrogen and oxygen atoms in total. The minimum Gasteiger partial charge on any atom is -0.316 e. The molecule has 0 aromatic carbocycles. The number of nitrogens with one attached hydrogen (secondary N) is 1. The lowest BCUT2D eigenvalue weighted by molar-refractivity contribution is -0.0327. The van der Waals surface area contributed by atoms with Gasteiger partial charge in [-0.1, -0.05) is 0 Å². The van der Waals surface area contributed by atoms with Crippen LogP contribution >= 0.6 is 11.8 Å². The maximum Gasteiger partial charge on any atom is 0.441 e. The Balaban J connectivity index is 1.95. The molecule has 0 atom stereocenters. The normalized spacial score (nSPS) is 20.2. The summed E-state index contributed by atoms with van der Waals surface area (Å²) in [7, 11) is 2.10. The second-order valence-electron chi connectivity index (χ2n) is 4.24. The van der Waals surface area contributed by atoms with E-state index in [-0.39, 0.29) is 17.5 Å². The third-order valence-electron chi connectivity index (χ3n) is 2.82. The molecule has 0 aromatic heterocycles. The number of alkyl halides is 3. The highest BCUT2D eigenvalue weighted by Gasteiger charge is 2.27. The van der Waals surface area contributed by atoms with E-state index in [4.69, 9.17) is 0 Å². The van der Waals surface area contributed by atoms with E-state index in [0.717, 1.165) is 32.5 Å². The van der Waals surface area contributed by atoms with E-state index in [2.05, 4.69) is 17.3 Å². The van der Waals surface area contributed by atoms with Crippen molar-refractivity contribution in [2.24, 2.45) is 5.92 Å². The average Bonchev–Trinajstić information content (AvgIpc) is 2.19. The molecule has 0 saturated carbocycles. The monoisotopic (exact) mass is 256 g/mol. The van der Waals surface area contributed by atoms with Crippen molar-refractivity contribution in [3.8, 4) is 0 Å². The lowest BCUT2D eigenvalue weighted by atomic mass is 9.97. The summed E-state index contributed by atoms with van der Waals surface area (Å²) in [5, 5.41) is 3.10. The fraction of sp³-hybridized carbons (Fsp3) is 1.00. The van der Waals surface area contributed by atoms with Crippen LogP contribution in [0.25, 0.3) is 0 Å². The number of nitrogens with zero attached hydrogens (tertiary/aromatic N) is 1. The van der Waals surface area contributed by atoms with Gasteiger partial charge in [-0.25, -0.2) is 0 Å². The van der Waals surface area contributed by atoms with Gasteiger partial charge in [0.05, 0.1) is 0 Å². The molecule has 1 N–H and O–H groups in total. The van der Waals surface area contributed by atoms with Gasteiger partial charge in [0.25, 0.3) is 0 Å². The van der Waals surface area contributed by atoms with Gasteiger partial charge in [-0.05, 0) is 57.2 Å². The number of likely N-dealkylation sites (tertiary alicyclic amines) is 1. The molecule has 1 fully saturated rings. The fourth-order valence-corrected chi connectivity index (χ4v) is 2.29. The summed E-state index contributed by atoms with van der Waals surface area (Å²) in [6.07, 6.45) is 2.30. The minimum absolute atomic E-state index is 0.0498. The highest BCUT2D eigenvalue weighted by Crippen LogP contribution is 2.29. The van der Waals surface area contributed by atoms with E-state index in [0.29, 0.717) is 12.5 Å². The highest BCUT2D eigenvalue weighted by molar-refractivity contribution is 8.00. The summed E-state index contributed by atoms with van der Waals surface area (Å²) < 4.78 is 35.4. The maximum atomic E-state index is 11.8. The molecular weight excluding hydrogens is 237 g/mol. The van der Waals surface area contributed by atoms with Gasteiger partial charge in [-0.15, -0.1) is 0 Å². The molecule has 1 aliphatic heterocycles. The molecule has 1 heterocycles. The Hall–Kier alpha value is 0.0600. The summed E-state index contributed by atoms with van der Waals surface area (Å²) >= 11 is 0.0498. The first-order chi connectivity index (χ1) is 7.47. The lowest BCUT2D eigenvalue weighted by Crippen LogP contribution is -2.35. The smallest absolute Gasteiger partial charge is 0.316 e. The Bertz CT molecular complexity index is 191. The van der Waals surface area contributed by atoms with Crippen LogP contribution < -0.4 is 5.32 Å². The average molecular weight is 256 g/mol. The second kappa shape index (κ2) is 6.71. The first-order valence-electron chi connectivity index (χ1n) is 5.57. The van der Waals surface area contributed by atoms with E-state index in [1.54, 1.807) is 0 Å². The first-order valence-corrected chi connectivity index (χ1v) is 6.56. The summed E-state index contributed by atoms with van der Waals surface area (Å²) in [6.45, 7) is 3.50. The van der Waals surface area contributed by atoms with E-state index in [1.807, 2.05) is 0 Å². The van der Waals surface area contributed by atoms with Crippen LogP contribution in [0.4, 0.5) is 13.2 Å². The third-order valence-corrected chi connectivity index (χ3v) is 3.55. The van der Waals surface area contributed by atoms with Crippen LogP contribution in [-0.4, -0.2) is 49.4 Å². The van der Waals surface area contributed by atoms with Crippen LogP contribution in [0.15, 0.2) is 0 Å². The predicted octanol–water partition coefficient (Wildman–Crippen LogP) is 2.17. The van der Waals surface area contributed by atoms with Crippen LogP contribution in [-0.2, 0) is 0 Å². The summed E-state index contributed by atoms with van der Waals surface area (Å²) in [4.78, 5) is 2.29. The summed E-state index contributed by atoms with van der Waals surface area (Å²) in [6, 6.07) is 0. The van der Waals surface area contributed by atoms with Crippen LogP contribution in [0.5, 0.6) is 0 Å². The Kier molecular flexibility index (Phi) is 5.92. The molecule has 0 radical (unpaired) electrons. The van der Waals surface area contributed by atoms with Gasteiger partial charge in [0.15, 0.2) is 0 Å². The topological polar surface area (TPSA) is 15.3 Å². The molecule has 6 heteroatoms. The third kappa shape index (κ3) is 6.60. The molecule has 0 spiro atoms. The van der Waals surface area contributed by atoms with Crippen molar-refractivity contribution in [2.45, 2.75) is 18.3 Å². The van der Waals surface area contributed by atoms with Gasteiger partial charge in [0.2, 0.25) is 0 Å². The minimum atomic E-state index is -4.09. The maximum absolute atomic E-state index is 11.8. The largest absolute Gasteiger partial charge is 0.441 e. The standard InChI is InChI=1S/C10H19F3N2S/c1-15-5-2-9(3-6-15)8-14-4-7-16-10(11,12)13/h9,14H,2-8H2,1H3. The highest BCUT2D eigenvalue weighted by atomic mass is 32.2. The zero-order chi connectivity index (χ0) is 12.0. The molecule has 96 valence electrons. The number of hydrogen-bond donors (Lipinski definition) is 1. The Labute approximate surface area is 98.9 Å². The molecule has 0 amide bonds. The number of rotatable bonds is 5. The van der Waals surface area contributed by atoms with Crippen LogP contribution in [0, 0.1) is 5.92 Å². The Morgan fingerprint density at radius 3 is 2.50 bits per heavy atom. The molecule has 1 saturated heterocycles. The summed E-state index contributed by atoms with van der Waals surface area (Å²) in [5.41, 5.74) is -4.09. The van der Waals surface area contributed by atoms with Crippen molar-refractivity contribution in [2.75, 3.05) is 39.0 Å². The van der Waals surface area contributed by atoms with E-state index in [9.17, 15) is 13.2 Å². The predicted molar refractivity (Wildman–Crippen MR) is 61.6 cm³/mol. The van der Waals surface area contributed by atoms with Crippen molar-refractivity contribution in [3.05, 3.63) is 0 Å². The lowest BCUT2D eigenvalue weighted by Gasteiger charge is -2.29. The number of halogens is 3. The van der Waals surface area contributed by atoms with Crippen molar-refractivity contribution < 1.29 is 13.2 Å². The van der Waals surface area contributed by atoms with Crippen LogP contribution in [0.2, 0.25) is 0 Å². The van der Waals surface area contributed by atoms with Gasteiger partial charge in [0, 0.05) is 12.3 Å². The van der Waals surface area contributed by atoms with Crippen molar-refractivity contribution >= 4 is 11.8 Å². The fourth-order valence-electron chi connectivity index (χ4n) is 1.81. The SMILES string of the molecule is CN1CCC(CNCCSC(F)(F)F)CC1.